The zero-order chi connectivity index (χ0) is 29.2. The van der Waals surface area contributed by atoms with Crippen LogP contribution in [0.15, 0.2) is 102 Å². The predicted octanol–water partition coefficient (Wildman–Crippen LogP) is 6.29. The van der Waals surface area contributed by atoms with E-state index in [0.717, 1.165) is 11.1 Å². The van der Waals surface area contributed by atoms with Gasteiger partial charge in [0, 0.05) is 33.5 Å². The standard InChI is InChI=1S/C32H26ClN3O5/c1-21-4-3-5-24(18-21)31(38)35-27-12-9-23(10-13-27)32(39)36-34-20-25-19-26(33)11-16-29(25)41-30(37)17-8-22-6-14-28(40-2)15-7-22/h3-20H,1-2H3,(H,35,38)(H,36,39)/b17-8+,34-20+. The van der Waals surface area contributed by atoms with Crippen LogP contribution in [0, 0.1) is 6.92 Å². The first-order valence-electron chi connectivity index (χ1n) is 12.5. The highest BCUT2D eigenvalue weighted by Crippen LogP contribution is 2.22. The molecule has 2 amide bonds. The third-order valence-corrected chi connectivity index (χ3v) is 6.00. The number of carbonyl (C=O) groups excluding carboxylic acids is 3. The molecule has 41 heavy (non-hydrogen) atoms. The lowest BCUT2D eigenvalue weighted by atomic mass is 10.1. The van der Waals surface area contributed by atoms with Crippen molar-refractivity contribution in [1.82, 2.24) is 5.43 Å². The topological polar surface area (TPSA) is 106 Å². The minimum Gasteiger partial charge on any atom is -0.497 e. The van der Waals surface area contributed by atoms with E-state index >= 15 is 0 Å². The molecule has 0 unspecified atom stereocenters. The van der Waals surface area contributed by atoms with Crippen molar-refractivity contribution in [3.05, 3.63) is 130 Å². The fraction of sp³-hybridized carbons (Fsp3) is 0.0625. The molecular weight excluding hydrogens is 542 g/mol. The van der Waals surface area contributed by atoms with Crippen molar-refractivity contribution in [2.45, 2.75) is 6.92 Å². The summed E-state index contributed by atoms with van der Waals surface area (Å²) in [6, 6.07) is 25.5. The molecule has 0 aromatic heterocycles. The van der Waals surface area contributed by atoms with Crippen molar-refractivity contribution in [3.63, 3.8) is 0 Å². The number of halogens is 1. The van der Waals surface area contributed by atoms with Gasteiger partial charge < -0.3 is 14.8 Å². The number of carbonyl (C=O) groups is 3. The molecule has 0 aliphatic rings. The molecule has 0 fully saturated rings. The lowest BCUT2D eigenvalue weighted by molar-refractivity contribution is -0.128. The largest absolute Gasteiger partial charge is 0.497 e. The SMILES string of the molecule is COc1ccc(/C=C/C(=O)Oc2ccc(Cl)cc2/C=N/NC(=O)c2ccc(NC(=O)c3cccc(C)c3)cc2)cc1. The van der Waals surface area contributed by atoms with Gasteiger partial charge in [-0.15, -0.1) is 0 Å². The Bertz CT molecular complexity index is 1610. The molecule has 2 N–H and O–H groups in total. The number of nitrogens with one attached hydrogen (secondary N) is 2. The molecule has 0 saturated carbocycles. The maximum Gasteiger partial charge on any atom is 0.336 e. The summed E-state index contributed by atoms with van der Waals surface area (Å²) < 4.78 is 10.6. The molecular formula is C32H26ClN3O5. The first-order chi connectivity index (χ1) is 19.8. The normalized spacial score (nSPS) is 10.9. The maximum atomic E-state index is 12.6. The second-order valence-electron chi connectivity index (χ2n) is 8.81. The minimum atomic E-state index is -0.601. The van der Waals surface area contributed by atoms with E-state index in [1.807, 2.05) is 19.1 Å². The van der Waals surface area contributed by atoms with Gasteiger partial charge in [-0.1, -0.05) is 41.4 Å². The van der Waals surface area contributed by atoms with Gasteiger partial charge in [0.1, 0.15) is 11.5 Å². The Hall–Kier alpha value is -5.21. The predicted molar refractivity (Wildman–Crippen MR) is 160 cm³/mol. The van der Waals surface area contributed by atoms with Crippen LogP contribution in [0.3, 0.4) is 0 Å². The third-order valence-electron chi connectivity index (χ3n) is 5.77. The molecule has 0 aliphatic carbocycles. The van der Waals surface area contributed by atoms with Gasteiger partial charge in [-0.2, -0.15) is 5.10 Å². The Labute approximate surface area is 242 Å². The van der Waals surface area contributed by atoms with Gasteiger partial charge in [-0.25, -0.2) is 10.2 Å². The van der Waals surface area contributed by atoms with Crippen molar-refractivity contribution < 1.29 is 23.9 Å². The van der Waals surface area contributed by atoms with Crippen molar-refractivity contribution in [3.8, 4) is 11.5 Å². The fourth-order valence-electron chi connectivity index (χ4n) is 3.65. The van der Waals surface area contributed by atoms with E-state index in [-0.39, 0.29) is 11.7 Å². The number of hydrazone groups is 1. The fourth-order valence-corrected chi connectivity index (χ4v) is 3.83. The van der Waals surface area contributed by atoms with Crippen molar-refractivity contribution >= 4 is 47.4 Å². The first kappa shape index (κ1) is 28.8. The summed E-state index contributed by atoms with van der Waals surface area (Å²) in [5.74, 6) is -0.395. The van der Waals surface area contributed by atoms with E-state index in [1.54, 1.807) is 86.0 Å². The molecule has 0 radical (unpaired) electrons. The molecule has 206 valence electrons. The van der Waals surface area contributed by atoms with Crippen LogP contribution in [0.1, 0.15) is 37.4 Å². The van der Waals surface area contributed by atoms with Crippen LogP contribution in [0.4, 0.5) is 5.69 Å². The Morgan fingerprint density at radius 1 is 0.854 bits per heavy atom. The smallest absolute Gasteiger partial charge is 0.336 e. The Kier molecular flexibility index (Phi) is 9.64. The van der Waals surface area contributed by atoms with E-state index in [9.17, 15) is 14.4 Å². The molecule has 0 bridgehead atoms. The van der Waals surface area contributed by atoms with Gasteiger partial charge >= 0.3 is 5.97 Å². The summed E-state index contributed by atoms with van der Waals surface area (Å²) in [4.78, 5) is 37.4. The molecule has 0 heterocycles. The molecule has 0 aliphatic heterocycles. The first-order valence-corrected chi connectivity index (χ1v) is 12.8. The van der Waals surface area contributed by atoms with Gasteiger partial charge in [0.25, 0.3) is 11.8 Å². The molecule has 4 rings (SSSR count). The zero-order valence-electron chi connectivity index (χ0n) is 22.3. The number of hydrogen-bond donors (Lipinski definition) is 2. The van der Waals surface area contributed by atoms with Crippen LogP contribution < -0.4 is 20.2 Å². The van der Waals surface area contributed by atoms with Gasteiger partial charge in [0.05, 0.1) is 13.3 Å². The monoisotopic (exact) mass is 567 g/mol. The lowest BCUT2D eigenvalue weighted by Crippen LogP contribution is -2.18. The second kappa shape index (κ2) is 13.7. The van der Waals surface area contributed by atoms with Crippen molar-refractivity contribution in [2.75, 3.05) is 12.4 Å². The van der Waals surface area contributed by atoms with Crippen LogP contribution in [-0.2, 0) is 4.79 Å². The average Bonchev–Trinajstić information content (AvgIpc) is 2.98. The summed E-state index contributed by atoms with van der Waals surface area (Å²) in [6.07, 6.45) is 4.24. The minimum absolute atomic E-state index is 0.213. The summed E-state index contributed by atoms with van der Waals surface area (Å²) in [5.41, 5.74) is 6.01. The summed E-state index contributed by atoms with van der Waals surface area (Å²) in [6.45, 7) is 1.91. The molecule has 8 nitrogen and oxygen atoms in total. The third kappa shape index (κ3) is 8.39. The summed E-state index contributed by atoms with van der Waals surface area (Å²) >= 11 is 6.11. The number of hydrogen-bond acceptors (Lipinski definition) is 6. The highest BCUT2D eigenvalue weighted by Gasteiger charge is 2.10. The average molecular weight is 568 g/mol. The molecule has 0 atom stereocenters. The van der Waals surface area contributed by atoms with Crippen molar-refractivity contribution in [1.29, 1.82) is 0 Å². The van der Waals surface area contributed by atoms with Crippen LogP contribution in [0.5, 0.6) is 11.5 Å². The van der Waals surface area contributed by atoms with E-state index < -0.39 is 11.9 Å². The molecule has 4 aromatic carbocycles. The van der Waals surface area contributed by atoms with Gasteiger partial charge in [-0.05, 0) is 85.3 Å². The van der Waals surface area contributed by atoms with E-state index in [1.165, 1.54) is 18.4 Å². The van der Waals surface area contributed by atoms with Crippen molar-refractivity contribution in [2.24, 2.45) is 5.10 Å². The number of methoxy groups -OCH3 is 1. The lowest BCUT2D eigenvalue weighted by Gasteiger charge is -2.07. The summed E-state index contributed by atoms with van der Waals surface area (Å²) in [5, 5.41) is 7.18. The highest BCUT2D eigenvalue weighted by atomic mass is 35.5. The van der Waals surface area contributed by atoms with Gasteiger partial charge in [-0.3, -0.25) is 9.59 Å². The Morgan fingerprint density at radius 2 is 1.61 bits per heavy atom. The summed E-state index contributed by atoms with van der Waals surface area (Å²) in [7, 11) is 1.58. The van der Waals surface area contributed by atoms with E-state index in [2.05, 4.69) is 15.8 Å². The van der Waals surface area contributed by atoms with Crippen LogP contribution >= 0.6 is 11.6 Å². The highest BCUT2D eigenvalue weighted by molar-refractivity contribution is 6.31. The number of anilines is 1. The molecule has 4 aromatic rings. The number of aryl methyl sites for hydroxylation is 1. The number of benzene rings is 4. The van der Waals surface area contributed by atoms with Gasteiger partial charge in [0.2, 0.25) is 0 Å². The second-order valence-corrected chi connectivity index (χ2v) is 9.25. The quantitative estimate of drug-likeness (QED) is 0.0812. The Morgan fingerprint density at radius 3 is 2.32 bits per heavy atom. The van der Waals surface area contributed by atoms with E-state index in [4.69, 9.17) is 21.1 Å². The Balaban J connectivity index is 1.35. The molecule has 9 heteroatoms. The van der Waals surface area contributed by atoms with E-state index in [0.29, 0.717) is 33.1 Å². The molecule has 0 spiro atoms. The number of rotatable bonds is 9. The zero-order valence-corrected chi connectivity index (χ0v) is 23.0. The number of nitrogens with zero attached hydrogens (tertiary/aromatic N) is 1. The number of amides is 2. The molecule has 0 saturated heterocycles. The van der Waals surface area contributed by atoms with Crippen LogP contribution in [0.25, 0.3) is 6.08 Å². The number of ether oxygens (including phenoxy) is 2. The van der Waals surface area contributed by atoms with Gasteiger partial charge in [0.15, 0.2) is 0 Å². The maximum absolute atomic E-state index is 12.6. The van der Waals surface area contributed by atoms with Crippen LogP contribution in [0.2, 0.25) is 5.02 Å². The number of esters is 1. The van der Waals surface area contributed by atoms with Crippen LogP contribution in [-0.4, -0.2) is 31.1 Å².